The van der Waals surface area contributed by atoms with Crippen molar-refractivity contribution in [2.45, 2.75) is 0 Å². The predicted octanol–water partition coefficient (Wildman–Crippen LogP) is 0.484. The van der Waals surface area contributed by atoms with Crippen molar-refractivity contribution in [3.8, 4) is 0 Å². The standard InChI is InChI=1S/C10H12N6/c1-2-4-9(5-3-1)15-6-7-16(8-15)10-11-13-14-12-10/h1-5H,6-8H2,(H,11,12,13,14). The molecular weight excluding hydrogens is 204 g/mol. The fourth-order valence-electron chi connectivity index (χ4n) is 1.90. The quantitative estimate of drug-likeness (QED) is 0.791. The van der Waals surface area contributed by atoms with Crippen LogP contribution in [0.4, 0.5) is 11.6 Å². The molecule has 0 spiro atoms. The first-order valence-corrected chi connectivity index (χ1v) is 5.22. The van der Waals surface area contributed by atoms with Gasteiger partial charge in [0, 0.05) is 18.8 Å². The van der Waals surface area contributed by atoms with E-state index in [4.69, 9.17) is 0 Å². The molecule has 82 valence electrons. The van der Waals surface area contributed by atoms with Crippen LogP contribution in [0, 0.1) is 0 Å². The third kappa shape index (κ3) is 1.58. The van der Waals surface area contributed by atoms with Crippen LogP contribution in [-0.2, 0) is 0 Å². The number of aromatic nitrogens is 4. The number of H-pyrrole nitrogens is 1. The molecule has 6 nitrogen and oxygen atoms in total. The second-order valence-electron chi connectivity index (χ2n) is 3.73. The Kier molecular flexibility index (Phi) is 2.17. The van der Waals surface area contributed by atoms with Gasteiger partial charge in [0.05, 0.1) is 6.67 Å². The minimum absolute atomic E-state index is 0.735. The van der Waals surface area contributed by atoms with E-state index in [9.17, 15) is 0 Å². The summed E-state index contributed by atoms with van der Waals surface area (Å²) in [7, 11) is 0. The molecule has 0 atom stereocenters. The maximum atomic E-state index is 3.91. The molecule has 0 radical (unpaired) electrons. The number of para-hydroxylation sites is 1. The van der Waals surface area contributed by atoms with Crippen molar-refractivity contribution in [2.24, 2.45) is 0 Å². The van der Waals surface area contributed by atoms with E-state index in [0.29, 0.717) is 0 Å². The number of nitrogens with zero attached hydrogens (tertiary/aromatic N) is 5. The van der Waals surface area contributed by atoms with Crippen LogP contribution in [0.5, 0.6) is 0 Å². The van der Waals surface area contributed by atoms with E-state index in [1.165, 1.54) is 5.69 Å². The van der Waals surface area contributed by atoms with Gasteiger partial charge in [0.1, 0.15) is 0 Å². The third-order valence-corrected chi connectivity index (χ3v) is 2.74. The Labute approximate surface area is 92.9 Å². The van der Waals surface area contributed by atoms with Gasteiger partial charge in [-0.25, -0.2) is 5.10 Å². The number of hydrogen-bond acceptors (Lipinski definition) is 5. The smallest absolute Gasteiger partial charge is 0.244 e. The first-order valence-electron chi connectivity index (χ1n) is 5.22. The lowest BCUT2D eigenvalue weighted by Gasteiger charge is -2.18. The van der Waals surface area contributed by atoms with Crippen LogP contribution in [0.2, 0.25) is 0 Å². The van der Waals surface area contributed by atoms with Crippen LogP contribution >= 0.6 is 0 Å². The number of tetrazole rings is 1. The fraction of sp³-hybridized carbons (Fsp3) is 0.300. The molecule has 6 heteroatoms. The van der Waals surface area contributed by atoms with Crippen molar-refractivity contribution < 1.29 is 0 Å². The molecule has 0 amide bonds. The average molecular weight is 216 g/mol. The summed E-state index contributed by atoms with van der Waals surface area (Å²) in [5.41, 5.74) is 1.23. The molecule has 3 rings (SSSR count). The zero-order valence-electron chi connectivity index (χ0n) is 8.74. The first kappa shape index (κ1) is 9.14. The number of anilines is 2. The molecule has 0 bridgehead atoms. The molecule has 1 fully saturated rings. The van der Waals surface area contributed by atoms with Gasteiger partial charge in [0.25, 0.3) is 0 Å². The van der Waals surface area contributed by atoms with Gasteiger partial charge in [-0.05, 0) is 22.6 Å². The summed E-state index contributed by atoms with van der Waals surface area (Å²) in [6, 6.07) is 10.4. The Bertz CT molecular complexity index is 440. The Hall–Kier alpha value is -2.11. The second-order valence-corrected chi connectivity index (χ2v) is 3.73. The maximum absolute atomic E-state index is 3.91. The molecule has 2 aromatic rings. The van der Waals surface area contributed by atoms with E-state index in [2.05, 4.69) is 42.6 Å². The Morgan fingerprint density at radius 2 is 1.88 bits per heavy atom. The molecule has 0 saturated carbocycles. The molecule has 2 heterocycles. The lowest BCUT2D eigenvalue weighted by atomic mass is 10.3. The van der Waals surface area contributed by atoms with Gasteiger partial charge in [-0.3, -0.25) is 0 Å². The Morgan fingerprint density at radius 3 is 2.62 bits per heavy atom. The summed E-state index contributed by atoms with van der Waals surface area (Å²) in [6.07, 6.45) is 0. The Morgan fingerprint density at radius 1 is 1.06 bits per heavy atom. The Balaban J connectivity index is 1.74. The van der Waals surface area contributed by atoms with Gasteiger partial charge in [-0.2, -0.15) is 0 Å². The van der Waals surface area contributed by atoms with Gasteiger partial charge in [0.2, 0.25) is 5.95 Å². The molecule has 1 aromatic heterocycles. The monoisotopic (exact) mass is 216 g/mol. The van der Waals surface area contributed by atoms with E-state index < -0.39 is 0 Å². The lowest BCUT2D eigenvalue weighted by molar-refractivity contribution is 0.881. The van der Waals surface area contributed by atoms with Crippen molar-refractivity contribution in [1.29, 1.82) is 0 Å². The van der Waals surface area contributed by atoms with Crippen LogP contribution in [-0.4, -0.2) is 40.4 Å². The largest absolute Gasteiger partial charge is 0.352 e. The molecule has 16 heavy (non-hydrogen) atoms. The molecule has 0 aliphatic carbocycles. The topological polar surface area (TPSA) is 60.9 Å². The third-order valence-electron chi connectivity index (χ3n) is 2.74. The molecule has 1 aliphatic heterocycles. The van der Waals surface area contributed by atoms with Crippen LogP contribution in [0.15, 0.2) is 30.3 Å². The van der Waals surface area contributed by atoms with E-state index in [1.807, 2.05) is 18.2 Å². The number of benzene rings is 1. The fourth-order valence-corrected chi connectivity index (χ4v) is 1.90. The van der Waals surface area contributed by atoms with Crippen molar-refractivity contribution in [1.82, 2.24) is 20.6 Å². The maximum Gasteiger partial charge on any atom is 0.244 e. The number of hydrogen-bond donors (Lipinski definition) is 1. The second kappa shape index (κ2) is 3.80. The van der Waals surface area contributed by atoms with Crippen LogP contribution in [0.25, 0.3) is 0 Å². The first-order chi connectivity index (χ1) is 7.93. The van der Waals surface area contributed by atoms with Gasteiger partial charge in [0.15, 0.2) is 0 Å². The summed E-state index contributed by atoms with van der Waals surface area (Å²) in [5.74, 6) is 0.735. The van der Waals surface area contributed by atoms with Crippen LogP contribution in [0.3, 0.4) is 0 Å². The number of aromatic amines is 1. The average Bonchev–Trinajstić information content (AvgIpc) is 3.01. The van der Waals surface area contributed by atoms with E-state index >= 15 is 0 Å². The minimum Gasteiger partial charge on any atom is -0.352 e. The highest BCUT2D eigenvalue weighted by Crippen LogP contribution is 2.19. The molecule has 1 aromatic carbocycles. The summed E-state index contributed by atoms with van der Waals surface area (Å²) in [6.45, 7) is 2.75. The van der Waals surface area contributed by atoms with Gasteiger partial charge < -0.3 is 9.80 Å². The van der Waals surface area contributed by atoms with Gasteiger partial charge in [-0.1, -0.05) is 23.3 Å². The summed E-state index contributed by atoms with van der Waals surface area (Å²) in [5, 5.41) is 13.9. The molecule has 0 unspecified atom stereocenters. The molecule has 1 saturated heterocycles. The zero-order valence-corrected chi connectivity index (χ0v) is 8.74. The highest BCUT2D eigenvalue weighted by Gasteiger charge is 2.22. The van der Waals surface area contributed by atoms with E-state index in [1.54, 1.807) is 0 Å². The van der Waals surface area contributed by atoms with Crippen molar-refractivity contribution in [2.75, 3.05) is 29.6 Å². The predicted molar refractivity (Wildman–Crippen MR) is 60.2 cm³/mol. The minimum atomic E-state index is 0.735. The van der Waals surface area contributed by atoms with E-state index in [-0.39, 0.29) is 0 Å². The highest BCUT2D eigenvalue weighted by molar-refractivity contribution is 5.50. The molecular formula is C10H12N6. The highest BCUT2D eigenvalue weighted by atomic mass is 15.6. The van der Waals surface area contributed by atoms with E-state index in [0.717, 1.165) is 25.7 Å². The molecule has 1 aliphatic rings. The van der Waals surface area contributed by atoms with Gasteiger partial charge in [-0.15, -0.1) is 0 Å². The van der Waals surface area contributed by atoms with Crippen LogP contribution < -0.4 is 9.80 Å². The number of rotatable bonds is 2. The summed E-state index contributed by atoms with van der Waals surface area (Å²) < 4.78 is 0. The van der Waals surface area contributed by atoms with Crippen LogP contribution in [0.1, 0.15) is 0 Å². The zero-order chi connectivity index (χ0) is 10.8. The molecule has 1 N–H and O–H groups in total. The van der Waals surface area contributed by atoms with Crippen molar-refractivity contribution in [3.63, 3.8) is 0 Å². The van der Waals surface area contributed by atoms with Gasteiger partial charge >= 0.3 is 0 Å². The normalized spacial score (nSPS) is 15.8. The summed E-state index contributed by atoms with van der Waals surface area (Å²) >= 11 is 0. The number of nitrogens with one attached hydrogen (secondary N) is 1. The van der Waals surface area contributed by atoms with Crippen molar-refractivity contribution in [3.05, 3.63) is 30.3 Å². The summed E-state index contributed by atoms with van der Waals surface area (Å²) in [4.78, 5) is 4.41. The SMILES string of the molecule is c1ccc(N2CCN(c3nnn[nH]3)C2)cc1. The lowest BCUT2D eigenvalue weighted by Crippen LogP contribution is -2.25. The van der Waals surface area contributed by atoms with Crippen molar-refractivity contribution >= 4 is 11.6 Å².